The standard InChI is InChI=1S/C10H20N2O3/c1-11-10(14)3-2-4-12-5-6-15-8-9(12)7-13/h9,13H,2-8H2,1H3,(H,11,14). The molecule has 0 saturated carbocycles. The second-order valence-corrected chi connectivity index (χ2v) is 3.72. The molecule has 5 heteroatoms. The zero-order chi connectivity index (χ0) is 11.1. The molecule has 0 aromatic heterocycles. The number of aliphatic hydroxyl groups is 1. The molecule has 1 fully saturated rings. The Balaban J connectivity index is 2.20. The summed E-state index contributed by atoms with van der Waals surface area (Å²) in [6.07, 6.45) is 1.38. The summed E-state index contributed by atoms with van der Waals surface area (Å²) in [6, 6.07) is 0.100. The zero-order valence-corrected chi connectivity index (χ0v) is 9.24. The summed E-state index contributed by atoms with van der Waals surface area (Å²) in [6.45, 7) is 3.13. The Kier molecular flexibility index (Phi) is 5.60. The minimum atomic E-state index is 0.0730. The van der Waals surface area contributed by atoms with Crippen LogP contribution in [0.2, 0.25) is 0 Å². The first kappa shape index (κ1) is 12.4. The predicted octanol–water partition coefficient (Wildman–Crippen LogP) is -0.794. The molecule has 0 aliphatic carbocycles. The number of nitrogens with one attached hydrogen (secondary N) is 1. The van der Waals surface area contributed by atoms with E-state index in [-0.39, 0.29) is 18.6 Å². The summed E-state index contributed by atoms with van der Waals surface area (Å²) in [5.41, 5.74) is 0. The second kappa shape index (κ2) is 6.76. The third kappa shape index (κ3) is 4.15. The molecule has 0 aromatic rings. The van der Waals surface area contributed by atoms with Gasteiger partial charge < -0.3 is 15.2 Å². The van der Waals surface area contributed by atoms with E-state index in [0.717, 1.165) is 26.1 Å². The van der Waals surface area contributed by atoms with Crippen LogP contribution in [-0.4, -0.2) is 61.9 Å². The first-order valence-corrected chi connectivity index (χ1v) is 5.41. The maximum absolute atomic E-state index is 11.0. The van der Waals surface area contributed by atoms with Crippen LogP contribution < -0.4 is 5.32 Å². The predicted molar refractivity (Wildman–Crippen MR) is 56.6 cm³/mol. The number of morpholine rings is 1. The lowest BCUT2D eigenvalue weighted by molar-refractivity contribution is -0.120. The van der Waals surface area contributed by atoms with Crippen LogP contribution in [0.25, 0.3) is 0 Å². The molecule has 2 N–H and O–H groups in total. The highest BCUT2D eigenvalue weighted by molar-refractivity contribution is 5.75. The fourth-order valence-corrected chi connectivity index (χ4v) is 1.72. The van der Waals surface area contributed by atoms with Gasteiger partial charge in [-0.05, 0) is 13.0 Å². The summed E-state index contributed by atoms with van der Waals surface area (Å²) in [7, 11) is 1.65. The number of hydrogen-bond acceptors (Lipinski definition) is 4. The van der Waals surface area contributed by atoms with Gasteiger partial charge in [0.2, 0.25) is 5.91 Å². The minimum absolute atomic E-state index is 0.0730. The molecule has 0 bridgehead atoms. The van der Waals surface area contributed by atoms with Crippen LogP contribution in [0, 0.1) is 0 Å². The molecular formula is C10H20N2O3. The van der Waals surface area contributed by atoms with Gasteiger partial charge in [0.05, 0.1) is 25.9 Å². The Bertz CT molecular complexity index is 199. The van der Waals surface area contributed by atoms with E-state index < -0.39 is 0 Å². The summed E-state index contributed by atoms with van der Waals surface area (Å²) >= 11 is 0. The zero-order valence-electron chi connectivity index (χ0n) is 9.24. The van der Waals surface area contributed by atoms with Gasteiger partial charge in [-0.2, -0.15) is 0 Å². The van der Waals surface area contributed by atoms with Crippen molar-refractivity contribution in [2.45, 2.75) is 18.9 Å². The topological polar surface area (TPSA) is 61.8 Å². The number of rotatable bonds is 5. The van der Waals surface area contributed by atoms with Gasteiger partial charge in [0.25, 0.3) is 0 Å². The largest absolute Gasteiger partial charge is 0.395 e. The van der Waals surface area contributed by atoms with Gasteiger partial charge in [0.1, 0.15) is 0 Å². The van der Waals surface area contributed by atoms with Crippen molar-refractivity contribution < 1.29 is 14.6 Å². The number of ether oxygens (including phenoxy) is 1. The van der Waals surface area contributed by atoms with Gasteiger partial charge in [0.15, 0.2) is 0 Å². The SMILES string of the molecule is CNC(=O)CCCN1CCOCC1CO. The summed E-state index contributed by atoms with van der Waals surface area (Å²) in [5, 5.41) is 11.7. The van der Waals surface area contributed by atoms with Gasteiger partial charge in [-0.25, -0.2) is 0 Å². The molecule has 1 saturated heterocycles. The number of carbonyl (C=O) groups excluding carboxylic acids is 1. The van der Waals surface area contributed by atoms with Crippen molar-refractivity contribution in [3.63, 3.8) is 0 Å². The maximum Gasteiger partial charge on any atom is 0.219 e. The minimum Gasteiger partial charge on any atom is -0.395 e. The van der Waals surface area contributed by atoms with Gasteiger partial charge in [-0.1, -0.05) is 0 Å². The molecule has 0 aromatic carbocycles. The number of hydrogen-bond donors (Lipinski definition) is 2. The number of amides is 1. The summed E-state index contributed by atoms with van der Waals surface area (Å²) in [5.74, 6) is 0.0730. The highest BCUT2D eigenvalue weighted by atomic mass is 16.5. The molecule has 1 amide bonds. The van der Waals surface area contributed by atoms with Crippen molar-refractivity contribution in [2.75, 3.05) is 40.0 Å². The first-order valence-electron chi connectivity index (χ1n) is 5.41. The quantitative estimate of drug-likeness (QED) is 0.632. The van der Waals surface area contributed by atoms with E-state index in [9.17, 15) is 4.79 Å². The van der Waals surface area contributed by atoms with Crippen molar-refractivity contribution in [1.29, 1.82) is 0 Å². The highest BCUT2D eigenvalue weighted by Gasteiger charge is 2.21. The summed E-state index contributed by atoms with van der Waals surface area (Å²) < 4.78 is 5.27. The molecule has 1 rings (SSSR count). The molecule has 5 nitrogen and oxygen atoms in total. The van der Waals surface area contributed by atoms with Crippen molar-refractivity contribution in [2.24, 2.45) is 0 Å². The molecule has 1 heterocycles. The smallest absolute Gasteiger partial charge is 0.219 e. The highest BCUT2D eigenvalue weighted by Crippen LogP contribution is 2.07. The van der Waals surface area contributed by atoms with Crippen molar-refractivity contribution in [3.8, 4) is 0 Å². The Labute approximate surface area is 90.4 Å². The van der Waals surface area contributed by atoms with Crippen molar-refractivity contribution in [3.05, 3.63) is 0 Å². The maximum atomic E-state index is 11.0. The van der Waals surface area contributed by atoms with E-state index in [4.69, 9.17) is 9.84 Å². The Morgan fingerprint density at radius 3 is 3.13 bits per heavy atom. The third-order valence-electron chi connectivity index (χ3n) is 2.69. The van der Waals surface area contributed by atoms with Crippen molar-refractivity contribution >= 4 is 5.91 Å². The fraction of sp³-hybridized carbons (Fsp3) is 0.900. The molecule has 88 valence electrons. The number of carbonyl (C=O) groups is 1. The van der Waals surface area contributed by atoms with E-state index >= 15 is 0 Å². The van der Waals surface area contributed by atoms with Crippen LogP contribution in [-0.2, 0) is 9.53 Å². The third-order valence-corrected chi connectivity index (χ3v) is 2.69. The Hall–Kier alpha value is -0.650. The van der Waals surface area contributed by atoms with Gasteiger partial charge in [0, 0.05) is 20.0 Å². The van der Waals surface area contributed by atoms with Crippen molar-refractivity contribution in [1.82, 2.24) is 10.2 Å². The van der Waals surface area contributed by atoms with Crippen LogP contribution in [0.15, 0.2) is 0 Å². The molecule has 0 radical (unpaired) electrons. The van der Waals surface area contributed by atoms with E-state index in [1.165, 1.54) is 0 Å². The van der Waals surface area contributed by atoms with E-state index in [0.29, 0.717) is 13.0 Å². The van der Waals surface area contributed by atoms with Gasteiger partial charge in [-0.15, -0.1) is 0 Å². The van der Waals surface area contributed by atoms with Crippen LogP contribution in [0.4, 0.5) is 0 Å². The monoisotopic (exact) mass is 216 g/mol. The molecule has 1 aliphatic rings. The normalized spacial score (nSPS) is 22.7. The Morgan fingerprint density at radius 2 is 2.47 bits per heavy atom. The van der Waals surface area contributed by atoms with E-state index in [2.05, 4.69) is 10.2 Å². The van der Waals surface area contributed by atoms with Gasteiger partial charge >= 0.3 is 0 Å². The lowest BCUT2D eigenvalue weighted by atomic mass is 10.2. The molecule has 1 aliphatic heterocycles. The van der Waals surface area contributed by atoms with E-state index in [1.807, 2.05) is 0 Å². The average molecular weight is 216 g/mol. The molecule has 1 atom stereocenters. The average Bonchev–Trinajstić information content (AvgIpc) is 2.29. The molecule has 15 heavy (non-hydrogen) atoms. The number of aliphatic hydroxyl groups excluding tert-OH is 1. The van der Waals surface area contributed by atoms with Gasteiger partial charge in [-0.3, -0.25) is 9.69 Å². The number of nitrogens with zero attached hydrogens (tertiary/aromatic N) is 1. The van der Waals surface area contributed by atoms with Crippen LogP contribution in [0.5, 0.6) is 0 Å². The lowest BCUT2D eigenvalue weighted by Gasteiger charge is -2.34. The second-order valence-electron chi connectivity index (χ2n) is 3.72. The van der Waals surface area contributed by atoms with Crippen LogP contribution >= 0.6 is 0 Å². The molecular weight excluding hydrogens is 196 g/mol. The fourth-order valence-electron chi connectivity index (χ4n) is 1.72. The molecule has 0 spiro atoms. The summed E-state index contributed by atoms with van der Waals surface area (Å²) in [4.78, 5) is 13.2. The first-order chi connectivity index (χ1) is 7.27. The van der Waals surface area contributed by atoms with Crippen LogP contribution in [0.1, 0.15) is 12.8 Å². The Morgan fingerprint density at radius 1 is 1.67 bits per heavy atom. The molecule has 1 unspecified atom stereocenters. The van der Waals surface area contributed by atoms with E-state index in [1.54, 1.807) is 7.05 Å². The lowest BCUT2D eigenvalue weighted by Crippen LogP contribution is -2.47. The van der Waals surface area contributed by atoms with Crippen LogP contribution in [0.3, 0.4) is 0 Å².